The van der Waals surface area contributed by atoms with Crippen molar-refractivity contribution in [3.05, 3.63) is 10.6 Å². The monoisotopic (exact) mass is 221 g/mol. The van der Waals surface area contributed by atoms with Gasteiger partial charge in [0.2, 0.25) is 22.4 Å². The van der Waals surface area contributed by atoms with Crippen LogP contribution in [0.1, 0.15) is 6.92 Å². The third-order valence-corrected chi connectivity index (χ3v) is 1.27. The van der Waals surface area contributed by atoms with E-state index in [-0.39, 0.29) is 22.4 Å². The minimum atomic E-state index is -0.285. The second-order valence-corrected chi connectivity index (χ2v) is 2.68. The summed E-state index contributed by atoms with van der Waals surface area (Å²) in [7, 11) is 0. The fourth-order valence-electron chi connectivity index (χ4n) is 0.526. The van der Waals surface area contributed by atoms with Gasteiger partial charge in [-0.1, -0.05) is 0 Å². The highest BCUT2D eigenvalue weighted by molar-refractivity contribution is 6.31. The van der Waals surface area contributed by atoms with Crippen LogP contribution in [0.2, 0.25) is 10.6 Å². The van der Waals surface area contributed by atoms with Gasteiger partial charge in [-0.25, -0.2) is 0 Å². The summed E-state index contributed by atoms with van der Waals surface area (Å²) >= 11 is 10.9. The molecule has 1 rings (SSSR count). The Kier molecular flexibility index (Phi) is 3.21. The quantitative estimate of drug-likeness (QED) is 0.717. The molecule has 0 aliphatic heterocycles. The summed E-state index contributed by atoms with van der Waals surface area (Å²) in [5.74, 6) is -0.201. The van der Waals surface area contributed by atoms with Crippen LogP contribution in [0.15, 0.2) is 0 Å². The van der Waals surface area contributed by atoms with E-state index in [1.807, 2.05) is 0 Å². The van der Waals surface area contributed by atoms with Crippen LogP contribution in [0, 0.1) is 0 Å². The minimum Gasteiger partial charge on any atom is -0.274 e. The highest BCUT2D eigenvalue weighted by Gasteiger charge is 2.01. The van der Waals surface area contributed by atoms with E-state index in [9.17, 15) is 4.79 Å². The van der Waals surface area contributed by atoms with Crippen LogP contribution >= 0.6 is 23.2 Å². The smallest absolute Gasteiger partial charge is 0.247 e. The number of hydrazine groups is 1. The van der Waals surface area contributed by atoms with Crippen molar-refractivity contribution in [1.82, 2.24) is 20.4 Å². The molecule has 13 heavy (non-hydrogen) atoms. The number of rotatable bonds is 2. The number of halogens is 2. The molecular weight excluding hydrogens is 217 g/mol. The molecule has 1 aromatic rings. The third kappa shape index (κ3) is 3.39. The van der Waals surface area contributed by atoms with E-state index < -0.39 is 0 Å². The Hall–Kier alpha value is -1.14. The van der Waals surface area contributed by atoms with Crippen LogP contribution in [-0.2, 0) is 4.79 Å². The molecule has 0 aromatic carbocycles. The number of aromatic nitrogens is 3. The summed E-state index contributed by atoms with van der Waals surface area (Å²) in [5.41, 5.74) is 4.65. The maximum absolute atomic E-state index is 10.5. The van der Waals surface area contributed by atoms with Crippen molar-refractivity contribution in [2.45, 2.75) is 6.92 Å². The van der Waals surface area contributed by atoms with Gasteiger partial charge in [0, 0.05) is 6.92 Å². The van der Waals surface area contributed by atoms with Crippen LogP contribution in [0.3, 0.4) is 0 Å². The molecule has 0 atom stereocenters. The predicted molar refractivity (Wildman–Crippen MR) is 47.3 cm³/mol. The standard InChI is InChI=1S/C5H5Cl2N5O/c1-2(13)11-12-5-9-3(6)8-4(7)10-5/h1H3,(H,11,13)(H,8,9,10,12). The van der Waals surface area contributed by atoms with E-state index in [1.54, 1.807) is 0 Å². The van der Waals surface area contributed by atoms with Crippen LogP contribution in [0.25, 0.3) is 0 Å². The molecule has 0 aliphatic carbocycles. The zero-order valence-corrected chi connectivity index (χ0v) is 8.02. The molecule has 0 aliphatic rings. The lowest BCUT2D eigenvalue weighted by Crippen LogP contribution is -2.27. The number of anilines is 1. The number of carbonyl (C=O) groups is 1. The van der Waals surface area contributed by atoms with E-state index in [4.69, 9.17) is 23.2 Å². The van der Waals surface area contributed by atoms with Crippen LogP contribution in [0.5, 0.6) is 0 Å². The van der Waals surface area contributed by atoms with Crippen molar-refractivity contribution in [2.24, 2.45) is 0 Å². The van der Waals surface area contributed by atoms with Crippen molar-refractivity contribution >= 4 is 35.1 Å². The van der Waals surface area contributed by atoms with E-state index in [2.05, 4.69) is 25.8 Å². The zero-order chi connectivity index (χ0) is 9.84. The van der Waals surface area contributed by atoms with Gasteiger partial charge in [-0.15, -0.1) is 0 Å². The Morgan fingerprint density at radius 2 is 1.77 bits per heavy atom. The van der Waals surface area contributed by atoms with Crippen LogP contribution in [-0.4, -0.2) is 20.9 Å². The molecule has 70 valence electrons. The Bertz CT molecular complexity index is 310. The zero-order valence-electron chi connectivity index (χ0n) is 6.51. The summed E-state index contributed by atoms with van der Waals surface area (Å²) in [5, 5.41) is -0.0966. The van der Waals surface area contributed by atoms with Gasteiger partial charge in [-0.05, 0) is 23.2 Å². The van der Waals surface area contributed by atoms with Crippen molar-refractivity contribution in [3.63, 3.8) is 0 Å². The first kappa shape index (κ1) is 9.94. The van der Waals surface area contributed by atoms with Gasteiger partial charge in [0.05, 0.1) is 0 Å². The van der Waals surface area contributed by atoms with E-state index in [0.29, 0.717) is 0 Å². The number of nitrogens with one attached hydrogen (secondary N) is 2. The highest BCUT2D eigenvalue weighted by Crippen LogP contribution is 2.08. The average Bonchev–Trinajstić information content (AvgIpc) is 1.99. The van der Waals surface area contributed by atoms with Crippen molar-refractivity contribution < 1.29 is 4.79 Å². The topological polar surface area (TPSA) is 79.8 Å². The lowest BCUT2D eigenvalue weighted by molar-refractivity contribution is -0.118. The Balaban J connectivity index is 2.71. The summed E-state index contributed by atoms with van der Waals surface area (Å²) in [6, 6.07) is 0. The molecule has 1 aromatic heterocycles. The second-order valence-electron chi connectivity index (χ2n) is 2.00. The first-order chi connectivity index (χ1) is 6.08. The largest absolute Gasteiger partial charge is 0.274 e. The summed E-state index contributed by atoms with van der Waals surface area (Å²) in [6.07, 6.45) is 0. The maximum Gasteiger partial charge on any atom is 0.247 e. The molecule has 0 saturated carbocycles. The normalized spacial score (nSPS) is 9.46. The number of amides is 1. The molecule has 8 heteroatoms. The Morgan fingerprint density at radius 1 is 1.23 bits per heavy atom. The molecule has 6 nitrogen and oxygen atoms in total. The lowest BCUT2D eigenvalue weighted by Gasteiger charge is -2.03. The fourth-order valence-corrected chi connectivity index (χ4v) is 0.889. The second kappa shape index (κ2) is 4.20. The van der Waals surface area contributed by atoms with Crippen LogP contribution < -0.4 is 10.9 Å². The molecule has 0 saturated heterocycles. The van der Waals surface area contributed by atoms with Gasteiger partial charge in [0.15, 0.2) is 0 Å². The van der Waals surface area contributed by atoms with Gasteiger partial charge in [0.1, 0.15) is 0 Å². The average molecular weight is 222 g/mol. The van der Waals surface area contributed by atoms with Crippen LogP contribution in [0.4, 0.5) is 5.95 Å². The Labute approximate surface area is 83.7 Å². The molecular formula is C5H5Cl2N5O. The maximum atomic E-state index is 10.5. The molecule has 1 heterocycles. The number of carbonyl (C=O) groups excluding carboxylic acids is 1. The van der Waals surface area contributed by atoms with Gasteiger partial charge in [0.25, 0.3) is 0 Å². The van der Waals surface area contributed by atoms with Gasteiger partial charge in [-0.2, -0.15) is 15.0 Å². The number of hydrogen-bond donors (Lipinski definition) is 2. The molecule has 1 amide bonds. The molecule has 0 spiro atoms. The summed E-state index contributed by atoms with van der Waals surface area (Å²) in [6.45, 7) is 1.33. The molecule has 0 bridgehead atoms. The van der Waals surface area contributed by atoms with Crippen molar-refractivity contribution in [3.8, 4) is 0 Å². The summed E-state index contributed by atoms with van der Waals surface area (Å²) < 4.78 is 0. The third-order valence-electron chi connectivity index (χ3n) is 0.931. The summed E-state index contributed by atoms with van der Waals surface area (Å²) in [4.78, 5) is 21.3. The van der Waals surface area contributed by atoms with Gasteiger partial charge >= 0.3 is 0 Å². The molecule has 0 radical (unpaired) electrons. The van der Waals surface area contributed by atoms with E-state index >= 15 is 0 Å². The minimum absolute atomic E-state index is 0.0483. The van der Waals surface area contributed by atoms with E-state index in [0.717, 1.165) is 0 Å². The van der Waals surface area contributed by atoms with Crippen molar-refractivity contribution in [2.75, 3.05) is 5.43 Å². The fraction of sp³-hybridized carbons (Fsp3) is 0.200. The first-order valence-corrected chi connectivity index (χ1v) is 3.93. The van der Waals surface area contributed by atoms with E-state index in [1.165, 1.54) is 6.92 Å². The van der Waals surface area contributed by atoms with Crippen molar-refractivity contribution in [1.29, 1.82) is 0 Å². The number of nitrogens with zero attached hydrogens (tertiary/aromatic N) is 3. The highest BCUT2D eigenvalue weighted by atomic mass is 35.5. The molecule has 0 fully saturated rings. The molecule has 2 N–H and O–H groups in total. The SMILES string of the molecule is CC(=O)NNc1nc(Cl)nc(Cl)n1. The van der Waals surface area contributed by atoms with Gasteiger partial charge in [-0.3, -0.25) is 15.6 Å². The molecule has 0 unspecified atom stereocenters. The van der Waals surface area contributed by atoms with Gasteiger partial charge < -0.3 is 0 Å². The lowest BCUT2D eigenvalue weighted by atomic mass is 10.8. The first-order valence-electron chi connectivity index (χ1n) is 3.17. The number of hydrogen-bond acceptors (Lipinski definition) is 5. The Morgan fingerprint density at radius 3 is 2.23 bits per heavy atom. The predicted octanol–water partition coefficient (Wildman–Crippen LogP) is 0.641.